The van der Waals surface area contributed by atoms with Gasteiger partial charge in [0.15, 0.2) is 0 Å². The molecule has 1 aromatic carbocycles. The van der Waals surface area contributed by atoms with Crippen molar-refractivity contribution in [2.75, 3.05) is 7.11 Å². The van der Waals surface area contributed by atoms with Crippen LogP contribution in [0.15, 0.2) is 66.4 Å². The van der Waals surface area contributed by atoms with Crippen molar-refractivity contribution in [3.8, 4) is 11.5 Å². The zero-order valence-electron chi connectivity index (χ0n) is 14.8. The Morgan fingerprint density at radius 3 is 2.50 bits per heavy atom. The van der Waals surface area contributed by atoms with Crippen LogP contribution in [0.25, 0.3) is 0 Å². The van der Waals surface area contributed by atoms with Crippen LogP contribution in [-0.2, 0) is 0 Å². The fourth-order valence-corrected chi connectivity index (χ4v) is 2.21. The van der Waals surface area contributed by atoms with Crippen LogP contribution in [-0.4, -0.2) is 50.2 Å². The van der Waals surface area contributed by atoms with Crippen LogP contribution in [0.5, 0.6) is 11.5 Å². The molecule has 0 atom stereocenters. The monoisotopic (exact) mass is 377 g/mol. The lowest BCUT2D eigenvalue weighted by Crippen LogP contribution is -2.33. The van der Waals surface area contributed by atoms with E-state index in [0.29, 0.717) is 16.3 Å². The number of methoxy groups -OCH3 is 1. The molecule has 0 unspecified atom stereocenters. The Bertz CT molecular complexity index is 958. The number of hydrogen-bond acceptors (Lipinski definition) is 8. The minimum Gasteiger partial charge on any atom is -0.507 e. The van der Waals surface area contributed by atoms with Crippen LogP contribution in [0.3, 0.4) is 0 Å². The summed E-state index contributed by atoms with van der Waals surface area (Å²) in [6.07, 6.45) is 8.03. The molecule has 0 fully saturated rings. The first-order chi connectivity index (χ1) is 13.6. The molecule has 0 aliphatic rings. The van der Waals surface area contributed by atoms with E-state index in [9.17, 15) is 14.7 Å². The summed E-state index contributed by atoms with van der Waals surface area (Å²) in [6, 6.07) is 7.46. The summed E-state index contributed by atoms with van der Waals surface area (Å²) in [5.41, 5.74) is 0.449. The minimum absolute atomic E-state index is 0.0546. The summed E-state index contributed by atoms with van der Waals surface area (Å²) in [5, 5.41) is 14.7. The third-order valence-electron chi connectivity index (χ3n) is 3.64. The Morgan fingerprint density at radius 1 is 1.07 bits per heavy atom. The number of hydrogen-bond donors (Lipinski definition) is 1. The van der Waals surface area contributed by atoms with E-state index in [1.54, 1.807) is 12.1 Å². The van der Waals surface area contributed by atoms with Gasteiger partial charge in [0.1, 0.15) is 17.2 Å². The Balaban J connectivity index is 1.96. The zero-order valence-corrected chi connectivity index (χ0v) is 14.8. The highest BCUT2D eigenvalue weighted by Crippen LogP contribution is 2.22. The molecule has 140 valence electrons. The Labute approximate surface area is 160 Å². The second-order valence-corrected chi connectivity index (χ2v) is 5.42. The van der Waals surface area contributed by atoms with E-state index in [1.807, 2.05) is 0 Å². The van der Waals surface area contributed by atoms with Crippen LogP contribution < -0.4 is 4.74 Å². The number of hydrazone groups is 1. The maximum Gasteiger partial charge on any atom is 0.301 e. The molecule has 3 rings (SSSR count). The van der Waals surface area contributed by atoms with Gasteiger partial charge < -0.3 is 9.84 Å². The van der Waals surface area contributed by atoms with Gasteiger partial charge in [0.25, 0.3) is 5.91 Å². The summed E-state index contributed by atoms with van der Waals surface area (Å²) < 4.78 is 5.02. The van der Waals surface area contributed by atoms with Crippen molar-refractivity contribution in [1.29, 1.82) is 0 Å². The molecule has 0 aliphatic carbocycles. The standard InChI is InChI=1S/C19H15N5O4/c1-28-15-3-2-14(17(25)10-15)11-23-24(18(26)13-4-6-20-7-5-13)19(27)16-12-21-8-9-22-16/h2-12,25H,1H3/b23-11+. The number of pyridine rings is 1. The molecule has 3 aromatic rings. The average Bonchev–Trinajstić information content (AvgIpc) is 2.75. The fourth-order valence-electron chi connectivity index (χ4n) is 2.21. The Morgan fingerprint density at radius 2 is 1.86 bits per heavy atom. The Kier molecular flexibility index (Phi) is 5.66. The number of aromatic hydroxyl groups is 1. The number of benzene rings is 1. The molecule has 0 aliphatic heterocycles. The van der Waals surface area contributed by atoms with Crippen LogP contribution >= 0.6 is 0 Å². The number of ether oxygens (including phenoxy) is 1. The first-order valence-electron chi connectivity index (χ1n) is 8.06. The highest BCUT2D eigenvalue weighted by Gasteiger charge is 2.25. The van der Waals surface area contributed by atoms with Crippen LogP contribution in [0.1, 0.15) is 26.4 Å². The first kappa shape index (κ1) is 18.6. The maximum absolute atomic E-state index is 12.8. The molecular weight excluding hydrogens is 362 g/mol. The number of carbonyl (C=O) groups is 2. The molecule has 0 saturated heterocycles. The van der Waals surface area contributed by atoms with E-state index in [2.05, 4.69) is 20.1 Å². The number of nitrogens with zero attached hydrogens (tertiary/aromatic N) is 5. The van der Waals surface area contributed by atoms with Crippen molar-refractivity contribution in [1.82, 2.24) is 20.0 Å². The van der Waals surface area contributed by atoms with Gasteiger partial charge in [-0.1, -0.05) is 0 Å². The summed E-state index contributed by atoms with van der Waals surface area (Å²) in [7, 11) is 1.47. The smallest absolute Gasteiger partial charge is 0.301 e. The number of rotatable bonds is 5. The van der Waals surface area contributed by atoms with Crippen molar-refractivity contribution < 1.29 is 19.4 Å². The molecule has 0 radical (unpaired) electrons. The number of imide groups is 1. The fraction of sp³-hybridized carbons (Fsp3) is 0.0526. The average molecular weight is 377 g/mol. The van der Waals surface area contributed by atoms with E-state index < -0.39 is 11.8 Å². The quantitative estimate of drug-likeness (QED) is 0.410. The third-order valence-corrected chi connectivity index (χ3v) is 3.64. The minimum atomic E-state index is -0.765. The molecule has 2 heterocycles. The van der Waals surface area contributed by atoms with E-state index in [-0.39, 0.29) is 17.0 Å². The van der Waals surface area contributed by atoms with Crippen LogP contribution in [0, 0.1) is 0 Å². The highest BCUT2D eigenvalue weighted by molar-refractivity contribution is 6.09. The lowest BCUT2D eigenvalue weighted by molar-refractivity contribution is 0.0618. The van der Waals surface area contributed by atoms with E-state index in [1.165, 1.54) is 62.5 Å². The van der Waals surface area contributed by atoms with Crippen molar-refractivity contribution in [2.45, 2.75) is 0 Å². The number of carbonyl (C=O) groups excluding carboxylic acids is 2. The summed E-state index contributed by atoms with van der Waals surface area (Å²) in [6.45, 7) is 0. The van der Waals surface area contributed by atoms with Gasteiger partial charge >= 0.3 is 5.91 Å². The zero-order chi connectivity index (χ0) is 19.9. The predicted molar refractivity (Wildman–Crippen MR) is 99.0 cm³/mol. The molecule has 9 heteroatoms. The second kappa shape index (κ2) is 8.49. The molecule has 0 bridgehead atoms. The lowest BCUT2D eigenvalue weighted by atomic mass is 10.2. The number of aromatic nitrogens is 3. The molecule has 2 amide bonds. The van der Waals surface area contributed by atoms with Gasteiger partial charge in [-0.05, 0) is 24.3 Å². The lowest BCUT2D eigenvalue weighted by Gasteiger charge is -2.14. The van der Waals surface area contributed by atoms with Gasteiger partial charge in [0, 0.05) is 42.0 Å². The van der Waals surface area contributed by atoms with Crippen molar-refractivity contribution in [2.24, 2.45) is 5.10 Å². The molecule has 0 spiro atoms. The largest absolute Gasteiger partial charge is 0.507 e. The highest BCUT2D eigenvalue weighted by atomic mass is 16.5. The van der Waals surface area contributed by atoms with E-state index >= 15 is 0 Å². The van der Waals surface area contributed by atoms with Crippen molar-refractivity contribution >= 4 is 18.0 Å². The van der Waals surface area contributed by atoms with Gasteiger partial charge in [-0.3, -0.25) is 19.6 Å². The Hall–Kier alpha value is -4.14. The molecule has 2 aromatic heterocycles. The topological polar surface area (TPSA) is 118 Å². The summed E-state index contributed by atoms with van der Waals surface area (Å²) in [5.74, 6) is -1.11. The summed E-state index contributed by atoms with van der Waals surface area (Å²) >= 11 is 0. The van der Waals surface area contributed by atoms with Crippen LogP contribution in [0.4, 0.5) is 0 Å². The molecule has 9 nitrogen and oxygen atoms in total. The van der Waals surface area contributed by atoms with Crippen molar-refractivity contribution in [3.63, 3.8) is 0 Å². The molecule has 1 N–H and O–H groups in total. The summed E-state index contributed by atoms with van der Waals surface area (Å²) in [4.78, 5) is 37.2. The van der Waals surface area contributed by atoms with Gasteiger partial charge in [-0.2, -0.15) is 10.1 Å². The second-order valence-electron chi connectivity index (χ2n) is 5.42. The van der Waals surface area contributed by atoms with Crippen molar-refractivity contribution in [3.05, 3.63) is 78.1 Å². The predicted octanol–water partition coefficient (Wildman–Crippen LogP) is 1.90. The molecule has 0 saturated carbocycles. The van der Waals surface area contributed by atoms with Crippen LogP contribution in [0.2, 0.25) is 0 Å². The van der Waals surface area contributed by atoms with E-state index in [4.69, 9.17) is 4.74 Å². The normalized spacial score (nSPS) is 10.6. The van der Waals surface area contributed by atoms with Gasteiger partial charge in [0.2, 0.25) is 0 Å². The first-order valence-corrected chi connectivity index (χ1v) is 8.06. The SMILES string of the molecule is COc1ccc(/C=N/N(C(=O)c2ccncc2)C(=O)c2cnccn2)c(O)c1. The van der Waals surface area contributed by atoms with Gasteiger partial charge in [-0.15, -0.1) is 0 Å². The molecular formula is C19H15N5O4. The van der Waals surface area contributed by atoms with Gasteiger partial charge in [-0.25, -0.2) is 4.98 Å². The molecule has 28 heavy (non-hydrogen) atoms. The number of phenolic OH excluding ortho intramolecular Hbond substituents is 1. The maximum atomic E-state index is 12.8. The third kappa shape index (κ3) is 4.15. The van der Waals surface area contributed by atoms with Gasteiger partial charge in [0.05, 0.1) is 19.5 Å². The van der Waals surface area contributed by atoms with E-state index in [0.717, 1.165) is 0 Å². The number of amides is 2. The number of phenols is 1.